The van der Waals surface area contributed by atoms with E-state index in [1.54, 1.807) is 18.2 Å². The summed E-state index contributed by atoms with van der Waals surface area (Å²) < 4.78 is 14.7. The Bertz CT molecular complexity index is 477. The zero-order valence-electron chi connectivity index (χ0n) is 8.10. The largest absolute Gasteiger partial charge is 0.443 e. The number of esters is 1. The zero-order chi connectivity index (χ0) is 10.7. The molecule has 5 heteroatoms. The quantitative estimate of drug-likeness (QED) is 0.562. The second-order valence-corrected chi connectivity index (χ2v) is 2.89. The highest BCUT2D eigenvalue weighted by Gasteiger charge is 2.06. The van der Waals surface area contributed by atoms with Crippen molar-refractivity contribution in [2.24, 2.45) is 0 Å². The van der Waals surface area contributed by atoms with E-state index in [0.717, 1.165) is 0 Å². The predicted molar refractivity (Wildman–Crippen MR) is 51.5 cm³/mol. The first kappa shape index (κ1) is 9.67. The van der Waals surface area contributed by atoms with Crippen molar-refractivity contribution in [3.05, 3.63) is 24.6 Å². The zero-order valence-corrected chi connectivity index (χ0v) is 8.10. The van der Waals surface area contributed by atoms with E-state index < -0.39 is 5.97 Å². The number of nitrogens with zero attached hydrogens (tertiary/aromatic N) is 1. The van der Waals surface area contributed by atoms with Gasteiger partial charge in [0.2, 0.25) is 0 Å². The first-order valence-corrected chi connectivity index (χ1v) is 4.32. The van der Waals surface area contributed by atoms with Gasteiger partial charge in [0.1, 0.15) is 17.9 Å². The molecule has 0 saturated heterocycles. The van der Waals surface area contributed by atoms with Crippen molar-refractivity contribution < 1.29 is 18.7 Å². The SMILES string of the molecule is COCC(=O)Oc1ccc2ocnc2c1. The second kappa shape index (κ2) is 4.10. The van der Waals surface area contributed by atoms with Crippen LogP contribution in [0.2, 0.25) is 0 Å². The molecule has 0 aliphatic carbocycles. The van der Waals surface area contributed by atoms with Crippen LogP contribution in [0.25, 0.3) is 11.1 Å². The van der Waals surface area contributed by atoms with Gasteiger partial charge >= 0.3 is 5.97 Å². The number of hydrogen-bond acceptors (Lipinski definition) is 5. The molecule has 1 aromatic heterocycles. The van der Waals surface area contributed by atoms with Crippen molar-refractivity contribution in [1.29, 1.82) is 0 Å². The Kier molecular flexibility index (Phi) is 2.64. The van der Waals surface area contributed by atoms with E-state index in [0.29, 0.717) is 16.8 Å². The van der Waals surface area contributed by atoms with E-state index >= 15 is 0 Å². The van der Waals surface area contributed by atoms with Crippen molar-refractivity contribution in [2.75, 3.05) is 13.7 Å². The van der Waals surface area contributed by atoms with Crippen LogP contribution in [0.3, 0.4) is 0 Å². The molecule has 0 aliphatic heterocycles. The molecule has 1 aromatic carbocycles. The lowest BCUT2D eigenvalue weighted by Gasteiger charge is -2.02. The number of hydrogen-bond donors (Lipinski definition) is 0. The van der Waals surface area contributed by atoms with E-state index in [2.05, 4.69) is 9.72 Å². The Hall–Kier alpha value is -1.88. The number of fused-ring (bicyclic) bond motifs is 1. The van der Waals surface area contributed by atoms with Crippen LogP contribution in [0, 0.1) is 0 Å². The van der Waals surface area contributed by atoms with E-state index in [1.807, 2.05) is 0 Å². The third kappa shape index (κ3) is 2.13. The van der Waals surface area contributed by atoms with Crippen LogP contribution in [0.5, 0.6) is 5.75 Å². The average molecular weight is 207 g/mol. The molecule has 0 amide bonds. The Morgan fingerprint density at radius 1 is 1.53 bits per heavy atom. The summed E-state index contributed by atoms with van der Waals surface area (Å²) in [7, 11) is 1.43. The van der Waals surface area contributed by atoms with Crippen molar-refractivity contribution >= 4 is 17.1 Å². The number of aromatic nitrogens is 1. The minimum Gasteiger partial charge on any atom is -0.443 e. The summed E-state index contributed by atoms with van der Waals surface area (Å²) in [5.41, 5.74) is 1.30. The first-order valence-electron chi connectivity index (χ1n) is 4.32. The van der Waals surface area contributed by atoms with Crippen LogP contribution in [0.15, 0.2) is 29.0 Å². The smallest absolute Gasteiger partial charge is 0.337 e. The third-order valence-corrected chi connectivity index (χ3v) is 1.80. The van der Waals surface area contributed by atoms with Gasteiger partial charge in [-0.05, 0) is 12.1 Å². The van der Waals surface area contributed by atoms with Crippen molar-refractivity contribution in [2.45, 2.75) is 0 Å². The lowest BCUT2D eigenvalue weighted by molar-refractivity contribution is -0.138. The van der Waals surface area contributed by atoms with E-state index in [-0.39, 0.29) is 6.61 Å². The fourth-order valence-electron chi connectivity index (χ4n) is 1.18. The van der Waals surface area contributed by atoms with Crippen molar-refractivity contribution in [3.63, 3.8) is 0 Å². The maximum Gasteiger partial charge on any atom is 0.337 e. The molecule has 0 aliphatic rings. The average Bonchev–Trinajstić information content (AvgIpc) is 2.65. The number of rotatable bonds is 3. The van der Waals surface area contributed by atoms with Gasteiger partial charge in [-0.25, -0.2) is 9.78 Å². The number of benzene rings is 1. The van der Waals surface area contributed by atoms with Crippen LogP contribution < -0.4 is 4.74 Å². The van der Waals surface area contributed by atoms with E-state index in [1.165, 1.54) is 13.5 Å². The van der Waals surface area contributed by atoms with Crippen LogP contribution >= 0.6 is 0 Å². The highest BCUT2D eigenvalue weighted by molar-refractivity contribution is 5.77. The molecular weight excluding hydrogens is 198 g/mol. The number of carbonyl (C=O) groups excluding carboxylic acids is 1. The van der Waals surface area contributed by atoms with Gasteiger partial charge < -0.3 is 13.9 Å². The summed E-state index contributed by atoms with van der Waals surface area (Å²) in [6.45, 7) is -0.0726. The molecule has 5 nitrogen and oxygen atoms in total. The monoisotopic (exact) mass is 207 g/mol. The standard InChI is InChI=1S/C10H9NO4/c1-13-5-10(12)15-7-2-3-9-8(4-7)11-6-14-9/h2-4,6H,5H2,1H3. The molecule has 0 unspecified atom stereocenters. The van der Waals surface area contributed by atoms with Gasteiger partial charge in [-0.15, -0.1) is 0 Å². The highest BCUT2D eigenvalue weighted by Crippen LogP contribution is 2.19. The normalized spacial score (nSPS) is 10.5. The van der Waals surface area contributed by atoms with Gasteiger partial charge in [-0.3, -0.25) is 0 Å². The number of ether oxygens (including phenoxy) is 2. The van der Waals surface area contributed by atoms with Crippen molar-refractivity contribution in [1.82, 2.24) is 4.98 Å². The van der Waals surface area contributed by atoms with Crippen molar-refractivity contribution in [3.8, 4) is 5.75 Å². The molecule has 2 aromatic rings. The van der Waals surface area contributed by atoms with Gasteiger partial charge in [0.25, 0.3) is 0 Å². The summed E-state index contributed by atoms with van der Waals surface area (Å²) in [5, 5.41) is 0. The maximum atomic E-state index is 11.1. The molecule has 2 rings (SSSR count). The number of oxazole rings is 1. The first-order chi connectivity index (χ1) is 7.29. The lowest BCUT2D eigenvalue weighted by atomic mass is 10.3. The van der Waals surface area contributed by atoms with Crippen LogP contribution in [-0.4, -0.2) is 24.7 Å². The second-order valence-electron chi connectivity index (χ2n) is 2.89. The molecule has 78 valence electrons. The van der Waals surface area contributed by atoms with Gasteiger partial charge in [-0.1, -0.05) is 0 Å². The minimum absolute atomic E-state index is 0.0726. The van der Waals surface area contributed by atoms with E-state index in [9.17, 15) is 4.79 Å². The molecule has 0 bridgehead atoms. The summed E-state index contributed by atoms with van der Waals surface area (Å²) in [6.07, 6.45) is 1.34. The molecule has 0 fully saturated rings. The Morgan fingerprint density at radius 2 is 2.40 bits per heavy atom. The maximum absolute atomic E-state index is 11.1. The third-order valence-electron chi connectivity index (χ3n) is 1.80. The summed E-state index contributed by atoms with van der Waals surface area (Å²) in [4.78, 5) is 15.0. The summed E-state index contributed by atoms with van der Waals surface area (Å²) in [6, 6.07) is 4.96. The topological polar surface area (TPSA) is 61.6 Å². The molecular formula is C10H9NO4. The van der Waals surface area contributed by atoms with Gasteiger partial charge in [-0.2, -0.15) is 0 Å². The Labute approximate surface area is 85.6 Å². The Morgan fingerprint density at radius 3 is 3.20 bits per heavy atom. The van der Waals surface area contributed by atoms with Crippen LogP contribution in [-0.2, 0) is 9.53 Å². The van der Waals surface area contributed by atoms with Crippen LogP contribution in [0.1, 0.15) is 0 Å². The minimum atomic E-state index is -0.444. The fraction of sp³-hybridized carbons (Fsp3) is 0.200. The molecule has 0 saturated carbocycles. The Balaban J connectivity index is 2.17. The predicted octanol–water partition coefficient (Wildman–Crippen LogP) is 1.38. The molecule has 0 N–H and O–H groups in total. The van der Waals surface area contributed by atoms with E-state index in [4.69, 9.17) is 9.15 Å². The summed E-state index contributed by atoms with van der Waals surface area (Å²) >= 11 is 0. The lowest BCUT2D eigenvalue weighted by Crippen LogP contribution is -2.13. The summed E-state index contributed by atoms with van der Waals surface area (Å²) in [5.74, 6) is -0.0150. The molecule has 0 radical (unpaired) electrons. The molecule has 0 atom stereocenters. The van der Waals surface area contributed by atoms with Crippen LogP contribution in [0.4, 0.5) is 0 Å². The fourth-order valence-corrected chi connectivity index (χ4v) is 1.18. The van der Waals surface area contributed by atoms with Gasteiger partial charge in [0.15, 0.2) is 12.0 Å². The molecule has 0 spiro atoms. The highest BCUT2D eigenvalue weighted by atomic mass is 16.6. The van der Waals surface area contributed by atoms with Gasteiger partial charge in [0.05, 0.1) is 0 Å². The molecule has 1 heterocycles. The number of methoxy groups -OCH3 is 1. The molecule has 15 heavy (non-hydrogen) atoms. The number of carbonyl (C=O) groups is 1. The van der Waals surface area contributed by atoms with Gasteiger partial charge in [0, 0.05) is 13.2 Å².